The van der Waals surface area contributed by atoms with E-state index in [1.165, 1.54) is 43.5 Å². The number of nitro benzene ring substituents is 1. The summed E-state index contributed by atoms with van der Waals surface area (Å²) >= 11 is 5.83. The van der Waals surface area contributed by atoms with Crippen molar-refractivity contribution in [1.82, 2.24) is 0 Å². The van der Waals surface area contributed by atoms with Gasteiger partial charge in [0.2, 0.25) is 0 Å². The Kier molecular flexibility index (Phi) is 7.04. The van der Waals surface area contributed by atoms with Crippen molar-refractivity contribution in [3.63, 3.8) is 0 Å². The van der Waals surface area contributed by atoms with Gasteiger partial charge in [-0.2, -0.15) is 0 Å². The van der Waals surface area contributed by atoms with Crippen molar-refractivity contribution >= 4 is 50.4 Å². The van der Waals surface area contributed by atoms with Crippen LogP contribution in [-0.4, -0.2) is 26.5 Å². The third kappa shape index (κ3) is 5.90. The molecule has 0 radical (unpaired) electrons. The van der Waals surface area contributed by atoms with Crippen LogP contribution < -0.4 is 20.1 Å². The lowest BCUT2D eigenvalue weighted by molar-refractivity contribution is -0.384. The van der Waals surface area contributed by atoms with Crippen LogP contribution in [0.2, 0.25) is 5.02 Å². The summed E-state index contributed by atoms with van der Waals surface area (Å²) in [6, 6.07) is 13.6. The number of hydrogen-bond donors (Lipinski definition) is 3. The van der Waals surface area contributed by atoms with Crippen molar-refractivity contribution in [3.05, 3.63) is 81.4 Å². The fourth-order valence-electron chi connectivity index (χ4n) is 2.88. The molecule has 0 atom stereocenters. The van der Waals surface area contributed by atoms with E-state index in [-0.39, 0.29) is 27.7 Å². The summed E-state index contributed by atoms with van der Waals surface area (Å²) in [7, 11) is -2.63. The quantitative estimate of drug-likeness (QED) is 0.314. The van der Waals surface area contributed by atoms with Gasteiger partial charge >= 0.3 is 6.03 Å². The highest BCUT2D eigenvalue weighted by molar-refractivity contribution is 7.92. The number of hydrogen-bond acceptors (Lipinski definition) is 6. The minimum atomic E-state index is -3.95. The number of aryl methyl sites for hydroxylation is 1. The number of nitrogens with one attached hydrogen (secondary N) is 3. The van der Waals surface area contributed by atoms with Crippen LogP contribution in [0.1, 0.15) is 5.56 Å². The number of carbonyl (C=O) groups is 1. The number of urea groups is 1. The monoisotopic (exact) mass is 490 g/mol. The Labute approximate surface area is 194 Å². The molecule has 0 saturated heterocycles. The van der Waals surface area contributed by atoms with Crippen molar-refractivity contribution < 1.29 is 22.9 Å². The summed E-state index contributed by atoms with van der Waals surface area (Å²) in [5, 5.41) is 16.4. The molecular formula is C21H19ClN4O6S. The van der Waals surface area contributed by atoms with Crippen molar-refractivity contribution in [3.8, 4) is 5.75 Å². The van der Waals surface area contributed by atoms with Crippen molar-refractivity contribution in [1.29, 1.82) is 0 Å². The van der Waals surface area contributed by atoms with Crippen molar-refractivity contribution in [2.75, 3.05) is 22.5 Å². The van der Waals surface area contributed by atoms with Gasteiger partial charge in [0.25, 0.3) is 15.7 Å². The number of amides is 2. The molecule has 3 N–H and O–H groups in total. The lowest BCUT2D eigenvalue weighted by atomic mass is 10.2. The van der Waals surface area contributed by atoms with Crippen LogP contribution in [0, 0.1) is 17.0 Å². The van der Waals surface area contributed by atoms with E-state index in [0.29, 0.717) is 16.3 Å². The van der Waals surface area contributed by atoms with E-state index in [1.807, 2.05) is 0 Å². The summed E-state index contributed by atoms with van der Waals surface area (Å²) < 4.78 is 33.3. The molecule has 10 nitrogen and oxygen atoms in total. The zero-order valence-electron chi connectivity index (χ0n) is 17.5. The number of benzene rings is 3. The van der Waals surface area contributed by atoms with Gasteiger partial charge in [-0.05, 0) is 55.0 Å². The number of rotatable bonds is 7. The molecule has 3 aromatic rings. The first-order valence-corrected chi connectivity index (χ1v) is 11.2. The highest BCUT2D eigenvalue weighted by Crippen LogP contribution is 2.29. The maximum absolute atomic E-state index is 12.9. The van der Waals surface area contributed by atoms with Crippen LogP contribution in [0.15, 0.2) is 65.6 Å². The molecule has 0 saturated carbocycles. The average Bonchev–Trinajstić information content (AvgIpc) is 2.76. The number of non-ortho nitro benzene ring substituents is 1. The summed E-state index contributed by atoms with van der Waals surface area (Å²) in [5.74, 6) is 0.0960. The fourth-order valence-corrected chi connectivity index (χ4v) is 4.33. The Morgan fingerprint density at radius 1 is 1.00 bits per heavy atom. The topological polar surface area (TPSA) is 140 Å². The minimum Gasteiger partial charge on any atom is -0.494 e. The van der Waals surface area contributed by atoms with Crippen molar-refractivity contribution in [2.45, 2.75) is 11.8 Å². The molecule has 0 fully saturated rings. The van der Waals surface area contributed by atoms with Gasteiger partial charge in [0.05, 0.1) is 28.7 Å². The standard InChI is InChI=1S/C21H19ClN4O6S/c1-13-3-6-16(11-20(13)33(30,31)25-15-7-4-14(22)5-8-15)23-21(27)24-18-10-9-17(26(28)29)12-19(18)32-2/h3-12,25H,1-2H3,(H2,23,24,27). The van der Waals surface area contributed by atoms with Crippen LogP contribution in [0.5, 0.6) is 5.75 Å². The second-order valence-electron chi connectivity index (χ2n) is 6.81. The normalized spacial score (nSPS) is 10.9. The van der Waals surface area contributed by atoms with E-state index >= 15 is 0 Å². The minimum absolute atomic E-state index is 0.0248. The molecular weight excluding hydrogens is 472 g/mol. The first-order chi connectivity index (χ1) is 15.6. The van der Waals surface area contributed by atoms with E-state index in [0.717, 1.165) is 0 Å². The predicted molar refractivity (Wildman–Crippen MR) is 126 cm³/mol. The Balaban J connectivity index is 1.78. The lowest BCUT2D eigenvalue weighted by Crippen LogP contribution is -2.20. The first kappa shape index (κ1) is 23.8. The van der Waals surface area contributed by atoms with Gasteiger partial charge in [0.15, 0.2) is 0 Å². The first-order valence-electron chi connectivity index (χ1n) is 9.38. The third-order valence-corrected chi connectivity index (χ3v) is 6.25. The number of nitro groups is 1. The van der Waals surface area contributed by atoms with Crippen LogP contribution in [0.25, 0.3) is 0 Å². The number of halogens is 1. The molecule has 0 bridgehead atoms. The largest absolute Gasteiger partial charge is 0.494 e. The van der Waals surface area contributed by atoms with E-state index in [9.17, 15) is 23.3 Å². The third-order valence-electron chi connectivity index (χ3n) is 4.48. The van der Waals surface area contributed by atoms with Gasteiger partial charge in [-0.3, -0.25) is 14.8 Å². The molecule has 0 heterocycles. The van der Waals surface area contributed by atoms with Gasteiger partial charge in [-0.1, -0.05) is 17.7 Å². The number of carbonyl (C=O) groups excluding carboxylic acids is 1. The van der Waals surface area contributed by atoms with Gasteiger partial charge < -0.3 is 15.4 Å². The zero-order chi connectivity index (χ0) is 24.2. The number of nitrogens with zero attached hydrogens (tertiary/aromatic N) is 1. The summed E-state index contributed by atoms with van der Waals surface area (Å²) in [5.41, 5.74) is 1.03. The Morgan fingerprint density at radius 3 is 2.30 bits per heavy atom. The highest BCUT2D eigenvalue weighted by atomic mass is 35.5. The molecule has 3 rings (SSSR count). The van der Waals surface area contributed by atoms with Gasteiger partial charge in [0.1, 0.15) is 5.75 Å². The van der Waals surface area contributed by atoms with Crippen LogP contribution in [0.4, 0.5) is 27.5 Å². The lowest BCUT2D eigenvalue weighted by Gasteiger charge is -2.14. The summed E-state index contributed by atoms with van der Waals surface area (Å²) in [6.45, 7) is 1.63. The smallest absolute Gasteiger partial charge is 0.323 e. The Morgan fingerprint density at radius 2 is 1.67 bits per heavy atom. The molecule has 2 amide bonds. The SMILES string of the molecule is COc1cc([N+](=O)[O-])ccc1NC(=O)Nc1ccc(C)c(S(=O)(=O)Nc2ccc(Cl)cc2)c1. The number of methoxy groups -OCH3 is 1. The Bertz CT molecular complexity index is 1310. The van der Waals surface area contributed by atoms with E-state index < -0.39 is 21.0 Å². The molecule has 0 aliphatic rings. The molecule has 0 unspecified atom stereocenters. The number of anilines is 3. The van der Waals surface area contributed by atoms with E-state index in [2.05, 4.69) is 15.4 Å². The molecule has 0 aliphatic heterocycles. The maximum atomic E-state index is 12.9. The predicted octanol–water partition coefficient (Wildman–Crippen LogP) is 5.01. The van der Waals surface area contributed by atoms with E-state index in [1.54, 1.807) is 31.2 Å². The molecule has 12 heteroatoms. The molecule has 0 aromatic heterocycles. The van der Waals surface area contributed by atoms with Gasteiger partial charge in [-0.25, -0.2) is 13.2 Å². The van der Waals surface area contributed by atoms with Crippen LogP contribution in [0.3, 0.4) is 0 Å². The number of sulfonamides is 1. The van der Waals surface area contributed by atoms with Gasteiger partial charge in [-0.15, -0.1) is 0 Å². The second kappa shape index (κ2) is 9.76. The fraction of sp³-hybridized carbons (Fsp3) is 0.0952. The van der Waals surface area contributed by atoms with Crippen molar-refractivity contribution in [2.24, 2.45) is 0 Å². The zero-order valence-corrected chi connectivity index (χ0v) is 19.0. The highest BCUT2D eigenvalue weighted by Gasteiger charge is 2.19. The number of ether oxygens (including phenoxy) is 1. The molecule has 172 valence electrons. The summed E-state index contributed by atoms with van der Waals surface area (Å²) in [4.78, 5) is 22.7. The second-order valence-corrected chi connectivity index (χ2v) is 8.90. The molecule has 0 spiro atoms. The molecule has 3 aromatic carbocycles. The molecule has 33 heavy (non-hydrogen) atoms. The Hall–Kier alpha value is -3.83. The van der Waals surface area contributed by atoms with E-state index in [4.69, 9.17) is 16.3 Å². The van der Waals surface area contributed by atoms with Crippen LogP contribution >= 0.6 is 11.6 Å². The molecule has 0 aliphatic carbocycles. The maximum Gasteiger partial charge on any atom is 0.323 e. The van der Waals surface area contributed by atoms with Crippen LogP contribution in [-0.2, 0) is 10.0 Å². The van der Waals surface area contributed by atoms with Gasteiger partial charge in [0, 0.05) is 22.5 Å². The summed E-state index contributed by atoms with van der Waals surface area (Å²) in [6.07, 6.45) is 0. The average molecular weight is 491 g/mol.